The van der Waals surface area contributed by atoms with E-state index in [0.29, 0.717) is 5.88 Å². The van der Waals surface area contributed by atoms with Gasteiger partial charge in [-0.3, -0.25) is 0 Å². The smallest absolute Gasteiger partial charge is 0.160 e. The van der Waals surface area contributed by atoms with Crippen molar-refractivity contribution in [1.29, 1.82) is 0 Å². The van der Waals surface area contributed by atoms with E-state index < -0.39 is 0 Å². The van der Waals surface area contributed by atoms with Crippen molar-refractivity contribution in [2.45, 2.75) is 32.7 Å². The van der Waals surface area contributed by atoms with Gasteiger partial charge >= 0.3 is 0 Å². The van der Waals surface area contributed by atoms with Crippen LogP contribution in [0.5, 0.6) is 0 Å². The zero-order valence-electron chi connectivity index (χ0n) is 11.4. The van der Waals surface area contributed by atoms with Crippen LogP contribution in [0.3, 0.4) is 0 Å². The van der Waals surface area contributed by atoms with Gasteiger partial charge in [0.25, 0.3) is 0 Å². The lowest BCUT2D eigenvalue weighted by atomic mass is 10.3. The topological polar surface area (TPSA) is 43.6 Å². The first kappa shape index (κ1) is 13.5. The molecule has 0 amide bonds. The molecule has 3 aromatic heterocycles. The third-order valence-corrected chi connectivity index (χ3v) is 4.35. The number of hydrogen-bond donors (Lipinski definition) is 0. The maximum atomic E-state index is 6.02. The Morgan fingerprint density at radius 3 is 2.85 bits per heavy atom. The average molecular weight is 307 g/mol. The first-order chi connectivity index (χ1) is 9.69. The van der Waals surface area contributed by atoms with Crippen molar-refractivity contribution in [3.63, 3.8) is 0 Å². The standard InChI is InChI=1S/C14H15ClN4S/c1-9-3-5-16-14-13(9)18-12(7-15)19(14)6-4-11-8-20-10(2)17-11/h3,5,8H,4,6-7H2,1-2H3. The van der Waals surface area contributed by atoms with Crippen molar-refractivity contribution in [3.05, 3.63) is 39.7 Å². The van der Waals surface area contributed by atoms with E-state index in [1.165, 1.54) is 0 Å². The summed E-state index contributed by atoms with van der Waals surface area (Å²) >= 11 is 7.70. The van der Waals surface area contributed by atoms with Crippen LogP contribution in [-0.4, -0.2) is 19.5 Å². The average Bonchev–Trinajstić information content (AvgIpc) is 3.01. The van der Waals surface area contributed by atoms with Crippen molar-refractivity contribution >= 4 is 34.1 Å². The van der Waals surface area contributed by atoms with Crippen molar-refractivity contribution in [2.24, 2.45) is 0 Å². The summed E-state index contributed by atoms with van der Waals surface area (Å²) in [5, 5.41) is 3.20. The maximum absolute atomic E-state index is 6.02. The Labute approximate surface area is 126 Å². The van der Waals surface area contributed by atoms with Gasteiger partial charge in [0.1, 0.15) is 11.3 Å². The molecule has 0 N–H and O–H groups in total. The number of hydrogen-bond acceptors (Lipinski definition) is 4. The number of halogens is 1. The van der Waals surface area contributed by atoms with Crippen LogP contribution in [0.2, 0.25) is 0 Å². The molecular weight excluding hydrogens is 292 g/mol. The number of thiazole rings is 1. The van der Waals surface area contributed by atoms with Crippen LogP contribution in [0.25, 0.3) is 11.2 Å². The van der Waals surface area contributed by atoms with Crippen LogP contribution in [0.1, 0.15) is 22.1 Å². The molecule has 0 aromatic carbocycles. The predicted molar refractivity (Wildman–Crippen MR) is 82.4 cm³/mol. The van der Waals surface area contributed by atoms with Crippen molar-refractivity contribution in [1.82, 2.24) is 19.5 Å². The fraction of sp³-hybridized carbons (Fsp3) is 0.357. The lowest BCUT2D eigenvalue weighted by molar-refractivity contribution is 0.674. The summed E-state index contributed by atoms with van der Waals surface area (Å²) in [7, 11) is 0. The highest BCUT2D eigenvalue weighted by molar-refractivity contribution is 7.09. The van der Waals surface area contributed by atoms with Gasteiger partial charge in [0, 0.05) is 24.5 Å². The molecule has 4 nitrogen and oxygen atoms in total. The van der Waals surface area contributed by atoms with Crippen LogP contribution in [0.15, 0.2) is 17.6 Å². The molecule has 20 heavy (non-hydrogen) atoms. The fourth-order valence-corrected chi connectivity index (χ4v) is 3.12. The number of rotatable bonds is 4. The number of aromatic nitrogens is 4. The van der Waals surface area contributed by atoms with Crippen molar-refractivity contribution in [2.75, 3.05) is 0 Å². The monoisotopic (exact) mass is 306 g/mol. The van der Waals surface area contributed by atoms with Crippen LogP contribution in [-0.2, 0) is 18.8 Å². The zero-order valence-corrected chi connectivity index (χ0v) is 13.0. The number of imidazole rings is 1. The second-order valence-corrected chi connectivity index (χ2v) is 6.05. The first-order valence-electron chi connectivity index (χ1n) is 6.46. The molecule has 0 aliphatic carbocycles. The van der Waals surface area contributed by atoms with Gasteiger partial charge in [-0.2, -0.15) is 0 Å². The van der Waals surface area contributed by atoms with Gasteiger partial charge in [0.15, 0.2) is 5.65 Å². The molecule has 0 bridgehead atoms. The van der Waals surface area contributed by atoms with Crippen molar-refractivity contribution in [3.8, 4) is 0 Å². The molecule has 0 atom stereocenters. The van der Waals surface area contributed by atoms with Crippen LogP contribution in [0, 0.1) is 13.8 Å². The quantitative estimate of drug-likeness (QED) is 0.693. The Hall–Kier alpha value is -1.46. The molecule has 0 fully saturated rings. The summed E-state index contributed by atoms with van der Waals surface area (Å²) in [5.41, 5.74) is 4.09. The Balaban J connectivity index is 1.95. The van der Waals surface area contributed by atoms with Crippen LogP contribution < -0.4 is 0 Å². The van der Waals surface area contributed by atoms with E-state index in [-0.39, 0.29) is 0 Å². The predicted octanol–water partition coefficient (Wildman–Crippen LogP) is 3.49. The zero-order chi connectivity index (χ0) is 14.1. The summed E-state index contributed by atoms with van der Waals surface area (Å²) in [4.78, 5) is 13.5. The van der Waals surface area contributed by atoms with Gasteiger partial charge in [-0.1, -0.05) is 0 Å². The number of alkyl halides is 1. The van der Waals surface area contributed by atoms with E-state index in [9.17, 15) is 0 Å². The van der Waals surface area contributed by atoms with Crippen molar-refractivity contribution < 1.29 is 0 Å². The molecule has 0 aliphatic rings. The minimum atomic E-state index is 0.395. The highest BCUT2D eigenvalue weighted by Crippen LogP contribution is 2.19. The van der Waals surface area contributed by atoms with Gasteiger partial charge in [0.05, 0.1) is 16.6 Å². The molecule has 3 heterocycles. The van der Waals surface area contributed by atoms with Gasteiger partial charge in [-0.15, -0.1) is 22.9 Å². The fourth-order valence-electron chi connectivity index (χ4n) is 2.27. The molecule has 3 aromatic rings. The molecule has 0 unspecified atom stereocenters. The van der Waals surface area contributed by atoms with E-state index in [2.05, 4.69) is 24.9 Å². The molecule has 104 valence electrons. The van der Waals surface area contributed by atoms with Gasteiger partial charge in [-0.25, -0.2) is 15.0 Å². The molecule has 3 rings (SSSR count). The van der Waals surface area contributed by atoms with E-state index >= 15 is 0 Å². The van der Waals surface area contributed by atoms with Gasteiger partial charge in [-0.05, 0) is 25.5 Å². The van der Waals surface area contributed by atoms with Gasteiger partial charge < -0.3 is 4.57 Å². The summed E-state index contributed by atoms with van der Waals surface area (Å²) < 4.78 is 2.10. The number of fused-ring (bicyclic) bond motifs is 1. The second kappa shape index (κ2) is 5.50. The third-order valence-electron chi connectivity index (χ3n) is 3.29. The maximum Gasteiger partial charge on any atom is 0.160 e. The lowest BCUT2D eigenvalue weighted by Crippen LogP contribution is -2.06. The Bertz CT molecular complexity index is 747. The highest BCUT2D eigenvalue weighted by atomic mass is 35.5. The Morgan fingerprint density at radius 1 is 1.30 bits per heavy atom. The van der Waals surface area contributed by atoms with E-state index in [0.717, 1.165) is 46.2 Å². The van der Waals surface area contributed by atoms with Crippen LogP contribution in [0.4, 0.5) is 0 Å². The molecule has 0 saturated heterocycles. The molecular formula is C14H15ClN4S. The number of pyridine rings is 1. The van der Waals surface area contributed by atoms with Crippen LogP contribution >= 0.6 is 22.9 Å². The van der Waals surface area contributed by atoms with E-state index in [1.807, 2.05) is 26.1 Å². The Kier molecular flexibility index (Phi) is 3.72. The Morgan fingerprint density at radius 2 is 2.15 bits per heavy atom. The summed E-state index contributed by atoms with van der Waals surface area (Å²) in [5.74, 6) is 1.27. The largest absolute Gasteiger partial charge is 0.311 e. The second-order valence-electron chi connectivity index (χ2n) is 4.72. The summed E-state index contributed by atoms with van der Waals surface area (Å²) in [6.07, 6.45) is 2.69. The molecule has 0 aliphatic heterocycles. The summed E-state index contributed by atoms with van der Waals surface area (Å²) in [6.45, 7) is 4.87. The highest BCUT2D eigenvalue weighted by Gasteiger charge is 2.13. The molecule has 0 radical (unpaired) electrons. The number of nitrogens with zero attached hydrogens (tertiary/aromatic N) is 4. The molecule has 0 saturated carbocycles. The first-order valence-corrected chi connectivity index (χ1v) is 7.88. The molecule has 6 heteroatoms. The van der Waals surface area contributed by atoms with Gasteiger partial charge in [0.2, 0.25) is 0 Å². The SMILES string of the molecule is Cc1nc(CCn2c(CCl)nc3c(C)ccnc32)cs1. The minimum absolute atomic E-state index is 0.395. The lowest BCUT2D eigenvalue weighted by Gasteiger charge is -2.05. The van der Waals surface area contributed by atoms with E-state index in [4.69, 9.17) is 11.6 Å². The summed E-state index contributed by atoms with van der Waals surface area (Å²) in [6, 6.07) is 1.97. The van der Waals surface area contributed by atoms with E-state index in [1.54, 1.807) is 11.3 Å². The minimum Gasteiger partial charge on any atom is -0.311 e. The number of aryl methyl sites for hydroxylation is 4. The molecule has 0 spiro atoms. The normalized spacial score (nSPS) is 11.3. The third kappa shape index (κ3) is 2.43.